The largest absolute Gasteiger partial charge is 0.352 e. The average Bonchev–Trinajstić information content (AvgIpc) is 2.83. The summed E-state index contributed by atoms with van der Waals surface area (Å²) in [6, 6.07) is 10.3. The summed E-state index contributed by atoms with van der Waals surface area (Å²) in [4.78, 5) is 28.2. The van der Waals surface area contributed by atoms with Gasteiger partial charge in [0, 0.05) is 12.6 Å². The number of hydrogen-bond donors (Lipinski definition) is 1. The van der Waals surface area contributed by atoms with Crippen molar-refractivity contribution in [3.05, 3.63) is 65.0 Å². The molecule has 1 atom stereocenters. The van der Waals surface area contributed by atoms with Crippen LogP contribution in [-0.4, -0.2) is 50.0 Å². The van der Waals surface area contributed by atoms with Crippen molar-refractivity contribution in [2.75, 3.05) is 17.1 Å². The third-order valence-electron chi connectivity index (χ3n) is 6.70. The number of carbonyl (C=O) groups is 2. The van der Waals surface area contributed by atoms with E-state index in [0.29, 0.717) is 16.8 Å². The van der Waals surface area contributed by atoms with Gasteiger partial charge in [0.25, 0.3) is 0 Å². The molecule has 0 aliphatic heterocycles. The average molecular weight is 518 g/mol. The van der Waals surface area contributed by atoms with Crippen molar-refractivity contribution in [1.29, 1.82) is 0 Å². The van der Waals surface area contributed by atoms with Gasteiger partial charge in [0.2, 0.25) is 21.8 Å². The third-order valence-corrected chi connectivity index (χ3v) is 7.82. The van der Waals surface area contributed by atoms with E-state index in [0.717, 1.165) is 48.2 Å². The molecule has 0 heterocycles. The molecular weight excluding hydrogens is 481 g/mol. The zero-order valence-corrected chi connectivity index (χ0v) is 22.3. The van der Waals surface area contributed by atoms with Crippen molar-refractivity contribution in [2.45, 2.75) is 71.5 Å². The molecule has 1 aliphatic rings. The van der Waals surface area contributed by atoms with E-state index in [1.54, 1.807) is 32.0 Å². The first-order chi connectivity index (χ1) is 17.0. The fourth-order valence-electron chi connectivity index (χ4n) is 4.52. The molecule has 0 radical (unpaired) electrons. The van der Waals surface area contributed by atoms with E-state index in [1.165, 1.54) is 17.0 Å². The normalized spacial score (nSPS) is 15.2. The van der Waals surface area contributed by atoms with Crippen LogP contribution in [0.4, 0.5) is 10.1 Å². The van der Waals surface area contributed by atoms with Crippen molar-refractivity contribution < 1.29 is 22.4 Å². The molecule has 3 rings (SSSR count). The number of rotatable bonds is 9. The molecule has 7 nitrogen and oxygen atoms in total. The minimum atomic E-state index is -3.80. The van der Waals surface area contributed by atoms with E-state index in [1.807, 2.05) is 19.1 Å². The van der Waals surface area contributed by atoms with Gasteiger partial charge in [0.1, 0.15) is 18.4 Å². The highest BCUT2D eigenvalue weighted by atomic mass is 32.2. The summed E-state index contributed by atoms with van der Waals surface area (Å²) in [7, 11) is -3.80. The molecule has 36 heavy (non-hydrogen) atoms. The van der Waals surface area contributed by atoms with Crippen LogP contribution in [0.5, 0.6) is 0 Å². The van der Waals surface area contributed by atoms with E-state index < -0.39 is 34.3 Å². The summed E-state index contributed by atoms with van der Waals surface area (Å²) in [5, 5.41) is 3.06. The van der Waals surface area contributed by atoms with Gasteiger partial charge in [-0.1, -0.05) is 43.5 Å². The van der Waals surface area contributed by atoms with Crippen molar-refractivity contribution in [3.63, 3.8) is 0 Å². The number of carbonyl (C=O) groups excluding carboxylic acids is 2. The van der Waals surface area contributed by atoms with Gasteiger partial charge >= 0.3 is 0 Å². The first-order valence-electron chi connectivity index (χ1n) is 12.3. The summed E-state index contributed by atoms with van der Waals surface area (Å²) in [6.07, 6.45) is 6.12. The van der Waals surface area contributed by atoms with Crippen LogP contribution in [0.25, 0.3) is 0 Å². The Hall–Kier alpha value is -2.94. The Balaban J connectivity index is 1.89. The molecule has 1 saturated carbocycles. The molecule has 2 aromatic carbocycles. The lowest BCUT2D eigenvalue weighted by Gasteiger charge is -2.33. The van der Waals surface area contributed by atoms with Gasteiger partial charge in [-0.15, -0.1) is 0 Å². The second-order valence-electron chi connectivity index (χ2n) is 9.73. The molecule has 0 unspecified atom stereocenters. The summed E-state index contributed by atoms with van der Waals surface area (Å²) < 4.78 is 40.1. The Labute approximate surface area is 213 Å². The quantitative estimate of drug-likeness (QED) is 0.543. The lowest BCUT2D eigenvalue weighted by Crippen LogP contribution is -2.53. The maximum absolute atomic E-state index is 13.6. The SMILES string of the molecule is Cc1ccc(C)c(N(CC(=O)N(Cc2ccc(F)cc2)[C@H](C)C(=O)NC2CCCCC2)S(C)(=O)=O)c1. The van der Waals surface area contributed by atoms with Gasteiger partial charge in [-0.05, 0) is 68.5 Å². The zero-order chi connectivity index (χ0) is 26.5. The van der Waals surface area contributed by atoms with Crippen LogP contribution in [0.15, 0.2) is 42.5 Å². The molecular formula is C27H36FN3O4S. The van der Waals surface area contributed by atoms with E-state index >= 15 is 0 Å². The van der Waals surface area contributed by atoms with Crippen molar-refractivity contribution in [3.8, 4) is 0 Å². The highest BCUT2D eigenvalue weighted by Gasteiger charge is 2.31. The van der Waals surface area contributed by atoms with Crippen LogP contribution in [0, 0.1) is 19.7 Å². The summed E-state index contributed by atoms with van der Waals surface area (Å²) >= 11 is 0. The summed E-state index contributed by atoms with van der Waals surface area (Å²) in [5.74, 6) is -1.20. The maximum atomic E-state index is 13.6. The molecule has 1 N–H and O–H groups in total. The van der Waals surface area contributed by atoms with Crippen molar-refractivity contribution in [2.24, 2.45) is 0 Å². The Kier molecular flexibility index (Phi) is 9.11. The number of nitrogens with one attached hydrogen (secondary N) is 1. The van der Waals surface area contributed by atoms with Gasteiger partial charge in [-0.2, -0.15) is 0 Å². The van der Waals surface area contributed by atoms with Crippen LogP contribution in [0.1, 0.15) is 55.7 Å². The number of amides is 2. The number of nitrogens with zero attached hydrogens (tertiary/aromatic N) is 2. The number of anilines is 1. The lowest BCUT2D eigenvalue weighted by molar-refractivity contribution is -0.139. The number of benzene rings is 2. The fourth-order valence-corrected chi connectivity index (χ4v) is 5.42. The molecule has 2 aromatic rings. The van der Waals surface area contributed by atoms with Crippen LogP contribution in [-0.2, 0) is 26.2 Å². The van der Waals surface area contributed by atoms with Crippen LogP contribution < -0.4 is 9.62 Å². The van der Waals surface area contributed by atoms with Crippen LogP contribution in [0.3, 0.4) is 0 Å². The molecule has 0 saturated heterocycles. The van der Waals surface area contributed by atoms with Crippen LogP contribution in [0.2, 0.25) is 0 Å². The minimum Gasteiger partial charge on any atom is -0.352 e. The molecule has 2 amide bonds. The summed E-state index contributed by atoms with van der Waals surface area (Å²) in [6.45, 7) is 4.87. The first-order valence-corrected chi connectivity index (χ1v) is 14.2. The standard InChI is InChI=1S/C27H36FN3O4S/c1-19-10-11-20(2)25(16-19)31(36(4,34)35)18-26(32)30(17-22-12-14-23(28)15-13-22)21(3)27(33)29-24-8-6-5-7-9-24/h10-16,21,24H,5-9,17-18H2,1-4H3,(H,29,33)/t21-/m1/s1. The molecule has 1 fully saturated rings. The Morgan fingerprint density at radius 1 is 1.06 bits per heavy atom. The number of hydrogen-bond acceptors (Lipinski definition) is 4. The Morgan fingerprint density at radius 2 is 1.69 bits per heavy atom. The predicted molar refractivity (Wildman–Crippen MR) is 140 cm³/mol. The highest BCUT2D eigenvalue weighted by Crippen LogP contribution is 2.25. The maximum Gasteiger partial charge on any atom is 0.244 e. The monoisotopic (exact) mass is 517 g/mol. The highest BCUT2D eigenvalue weighted by molar-refractivity contribution is 7.92. The van der Waals surface area contributed by atoms with Gasteiger partial charge in [0.05, 0.1) is 11.9 Å². The van der Waals surface area contributed by atoms with E-state index in [4.69, 9.17) is 0 Å². The number of halogens is 1. The molecule has 0 spiro atoms. The van der Waals surface area contributed by atoms with Gasteiger partial charge in [0.15, 0.2) is 0 Å². The van der Waals surface area contributed by atoms with E-state index in [-0.39, 0.29) is 18.5 Å². The van der Waals surface area contributed by atoms with E-state index in [9.17, 15) is 22.4 Å². The van der Waals surface area contributed by atoms with Gasteiger partial charge in [-0.3, -0.25) is 13.9 Å². The lowest BCUT2D eigenvalue weighted by atomic mass is 9.95. The Bertz CT molecular complexity index is 1180. The topological polar surface area (TPSA) is 86.8 Å². The predicted octanol–water partition coefficient (Wildman–Crippen LogP) is 4.07. The van der Waals surface area contributed by atoms with Gasteiger partial charge < -0.3 is 10.2 Å². The molecule has 196 valence electrons. The minimum absolute atomic E-state index is 0.0444. The number of sulfonamides is 1. The van der Waals surface area contributed by atoms with Gasteiger partial charge in [-0.25, -0.2) is 12.8 Å². The van der Waals surface area contributed by atoms with E-state index in [2.05, 4.69) is 5.32 Å². The number of aryl methyl sites for hydroxylation is 2. The third kappa shape index (κ3) is 7.29. The smallest absolute Gasteiger partial charge is 0.244 e. The first kappa shape index (κ1) is 27.6. The van der Waals surface area contributed by atoms with Crippen LogP contribution >= 0.6 is 0 Å². The molecule has 0 aromatic heterocycles. The second-order valence-corrected chi connectivity index (χ2v) is 11.6. The Morgan fingerprint density at radius 3 is 2.31 bits per heavy atom. The van der Waals surface area contributed by atoms with Crippen molar-refractivity contribution in [1.82, 2.24) is 10.2 Å². The molecule has 0 bridgehead atoms. The van der Waals surface area contributed by atoms with Crippen molar-refractivity contribution >= 4 is 27.5 Å². The zero-order valence-electron chi connectivity index (χ0n) is 21.5. The summed E-state index contributed by atoms with van der Waals surface area (Å²) in [5.41, 5.74) is 2.64. The second kappa shape index (κ2) is 11.9. The fraction of sp³-hybridized carbons (Fsp3) is 0.481. The molecule has 1 aliphatic carbocycles. The molecule has 9 heteroatoms.